The molecule has 4 aliphatic heterocycles. The number of aromatic nitrogens is 3. The van der Waals surface area contributed by atoms with Crippen molar-refractivity contribution in [3.63, 3.8) is 0 Å². The first kappa shape index (κ1) is 30.2. The number of piperidine rings is 1. The number of halogens is 3. The Morgan fingerprint density at radius 3 is 2.79 bits per heavy atom. The zero-order valence-corrected chi connectivity index (χ0v) is 26.2. The molecular formula is C35H36F3N5O4. The summed E-state index contributed by atoms with van der Waals surface area (Å²) < 4.78 is 58.4. The number of esters is 1. The molecule has 1 spiro atoms. The maximum absolute atomic E-state index is 16.9. The number of benzene rings is 2. The largest absolute Gasteiger partial charge is 0.508 e. The van der Waals surface area contributed by atoms with Crippen LogP contribution in [0.15, 0.2) is 30.5 Å². The third-order valence-corrected chi connectivity index (χ3v) is 10.6. The fourth-order valence-electron chi connectivity index (χ4n) is 8.43. The van der Waals surface area contributed by atoms with Gasteiger partial charge in [0, 0.05) is 37.7 Å². The van der Waals surface area contributed by atoms with E-state index in [0.29, 0.717) is 72.9 Å². The minimum atomic E-state index is -0.938. The first-order chi connectivity index (χ1) is 22.7. The number of ether oxygens (including phenoxy) is 2. The summed E-state index contributed by atoms with van der Waals surface area (Å²) in [7, 11) is 0. The molecule has 0 unspecified atom stereocenters. The Balaban J connectivity index is 1.27. The molecule has 0 amide bonds. The van der Waals surface area contributed by atoms with Crippen LogP contribution in [0.1, 0.15) is 57.4 Å². The van der Waals surface area contributed by atoms with Crippen LogP contribution in [-0.4, -0.2) is 81.0 Å². The predicted molar refractivity (Wildman–Crippen MR) is 169 cm³/mol. The van der Waals surface area contributed by atoms with Crippen LogP contribution in [0.3, 0.4) is 0 Å². The molecule has 4 saturated heterocycles. The maximum atomic E-state index is 16.9. The van der Waals surface area contributed by atoms with Gasteiger partial charge in [-0.2, -0.15) is 9.97 Å². The molecule has 246 valence electrons. The highest BCUT2D eigenvalue weighted by Gasteiger charge is 2.49. The molecule has 0 aliphatic carbocycles. The predicted octanol–water partition coefficient (Wildman–Crippen LogP) is 6.02. The molecule has 9 nitrogen and oxygen atoms in total. The number of alkyl halides is 1. The van der Waals surface area contributed by atoms with Gasteiger partial charge in [0.2, 0.25) is 0 Å². The van der Waals surface area contributed by atoms with E-state index in [-0.39, 0.29) is 41.1 Å². The minimum Gasteiger partial charge on any atom is -0.508 e. The Hall–Kier alpha value is -4.19. The normalized spacial score (nSPS) is 26.1. The van der Waals surface area contributed by atoms with Gasteiger partial charge in [0.15, 0.2) is 5.82 Å². The number of hydrogen-bond acceptors (Lipinski definition) is 9. The van der Waals surface area contributed by atoms with Crippen LogP contribution in [-0.2, 0) is 16.0 Å². The van der Waals surface area contributed by atoms with Crippen LogP contribution in [0, 0.1) is 11.6 Å². The molecule has 4 aromatic rings. The summed E-state index contributed by atoms with van der Waals surface area (Å²) in [5, 5.41) is 12.0. The number of anilines is 1. The van der Waals surface area contributed by atoms with E-state index >= 15 is 4.39 Å². The molecule has 0 radical (unpaired) electrons. The second-order valence-electron chi connectivity index (χ2n) is 13.5. The van der Waals surface area contributed by atoms with Crippen molar-refractivity contribution in [3.8, 4) is 23.0 Å². The second kappa shape index (κ2) is 11.2. The maximum Gasteiger partial charge on any atom is 0.319 e. The number of phenols is 1. The van der Waals surface area contributed by atoms with Gasteiger partial charge in [-0.1, -0.05) is 13.0 Å². The van der Waals surface area contributed by atoms with E-state index in [1.807, 2.05) is 11.8 Å². The van der Waals surface area contributed by atoms with Gasteiger partial charge in [-0.3, -0.25) is 14.7 Å². The van der Waals surface area contributed by atoms with Crippen LogP contribution in [0.5, 0.6) is 11.8 Å². The zero-order valence-electron chi connectivity index (χ0n) is 26.2. The first-order valence-corrected chi connectivity index (χ1v) is 16.5. The van der Waals surface area contributed by atoms with Crippen molar-refractivity contribution in [2.45, 2.75) is 75.6 Å². The number of aromatic hydroxyl groups is 1. The molecule has 4 fully saturated rings. The van der Waals surface area contributed by atoms with Crippen LogP contribution >= 0.6 is 0 Å². The summed E-state index contributed by atoms with van der Waals surface area (Å²) in [6.07, 6.45) is 5.39. The third kappa shape index (κ3) is 5.03. The first-order valence-electron chi connectivity index (χ1n) is 16.5. The average molecular weight is 648 g/mol. The summed E-state index contributed by atoms with van der Waals surface area (Å²) in [4.78, 5) is 30.1. The Kier molecular flexibility index (Phi) is 7.19. The number of aryl methyl sites for hydroxylation is 1. The lowest BCUT2D eigenvalue weighted by atomic mass is 9.90. The van der Waals surface area contributed by atoms with Crippen LogP contribution in [0.25, 0.3) is 32.9 Å². The topological polar surface area (TPSA) is 101 Å². The number of carbonyl (C=O) groups is 1. The highest BCUT2D eigenvalue weighted by atomic mass is 19.1. The summed E-state index contributed by atoms with van der Waals surface area (Å²) in [6, 6.07) is 5.75. The van der Waals surface area contributed by atoms with Gasteiger partial charge in [-0.15, -0.1) is 0 Å². The molecule has 3 atom stereocenters. The number of rotatable bonds is 6. The van der Waals surface area contributed by atoms with Crippen molar-refractivity contribution < 1.29 is 32.5 Å². The molecule has 0 saturated carbocycles. The third-order valence-electron chi connectivity index (χ3n) is 10.6. The van der Waals surface area contributed by atoms with Gasteiger partial charge in [-0.25, -0.2) is 13.2 Å². The second-order valence-corrected chi connectivity index (χ2v) is 13.5. The Bertz CT molecular complexity index is 1930. The molecule has 8 rings (SSSR count). The average Bonchev–Trinajstić information content (AvgIpc) is 3.71. The Morgan fingerprint density at radius 2 is 1.98 bits per heavy atom. The zero-order chi connectivity index (χ0) is 32.5. The van der Waals surface area contributed by atoms with Gasteiger partial charge in [0.1, 0.15) is 47.0 Å². The summed E-state index contributed by atoms with van der Waals surface area (Å²) in [6.45, 7) is 4.11. The van der Waals surface area contributed by atoms with Crippen LogP contribution in [0.4, 0.5) is 19.0 Å². The minimum absolute atomic E-state index is 0.0421. The van der Waals surface area contributed by atoms with E-state index in [9.17, 15) is 18.7 Å². The van der Waals surface area contributed by atoms with E-state index in [2.05, 4.69) is 14.9 Å². The van der Waals surface area contributed by atoms with E-state index < -0.39 is 28.9 Å². The molecule has 47 heavy (non-hydrogen) atoms. The highest BCUT2D eigenvalue weighted by Crippen LogP contribution is 2.43. The molecule has 6 heterocycles. The highest BCUT2D eigenvalue weighted by molar-refractivity contribution is 6.01. The lowest BCUT2D eigenvalue weighted by Crippen LogP contribution is -2.48. The number of carbonyl (C=O) groups excluding carboxylic acids is 1. The van der Waals surface area contributed by atoms with E-state index in [1.54, 1.807) is 6.07 Å². The van der Waals surface area contributed by atoms with Crippen molar-refractivity contribution in [3.05, 3.63) is 47.7 Å². The number of nitrogens with zero attached hydrogens (tertiary/aromatic N) is 5. The van der Waals surface area contributed by atoms with E-state index in [4.69, 9.17) is 14.5 Å². The fourth-order valence-corrected chi connectivity index (χ4v) is 8.43. The summed E-state index contributed by atoms with van der Waals surface area (Å²) in [5.74, 6) is -1.13. The van der Waals surface area contributed by atoms with E-state index in [1.165, 1.54) is 24.4 Å². The number of fused-ring (bicyclic) bond motifs is 3. The van der Waals surface area contributed by atoms with Gasteiger partial charge >= 0.3 is 12.0 Å². The molecule has 0 bridgehead atoms. The molecule has 2 aromatic heterocycles. The summed E-state index contributed by atoms with van der Waals surface area (Å²) >= 11 is 0. The molecule has 4 aliphatic rings. The molecule has 2 aromatic carbocycles. The van der Waals surface area contributed by atoms with Crippen LogP contribution in [0.2, 0.25) is 0 Å². The Labute approximate surface area is 269 Å². The van der Waals surface area contributed by atoms with Crippen molar-refractivity contribution in [2.75, 3.05) is 37.7 Å². The van der Waals surface area contributed by atoms with Gasteiger partial charge in [0.05, 0.1) is 17.5 Å². The Morgan fingerprint density at radius 1 is 1.13 bits per heavy atom. The lowest BCUT2D eigenvalue weighted by Gasteiger charge is -2.40. The van der Waals surface area contributed by atoms with Gasteiger partial charge in [0.25, 0.3) is 0 Å². The number of pyridine rings is 1. The molecule has 12 heteroatoms. The monoisotopic (exact) mass is 647 g/mol. The lowest BCUT2D eigenvalue weighted by molar-refractivity contribution is -0.148. The van der Waals surface area contributed by atoms with Crippen molar-refractivity contribution >= 4 is 33.5 Å². The van der Waals surface area contributed by atoms with Gasteiger partial charge in [-0.05, 0) is 79.6 Å². The smallest absolute Gasteiger partial charge is 0.319 e. The fraction of sp³-hybridized carbons (Fsp3) is 0.486. The molecular weight excluding hydrogens is 611 g/mol. The van der Waals surface area contributed by atoms with Crippen LogP contribution < -0.4 is 9.64 Å². The van der Waals surface area contributed by atoms with Crippen molar-refractivity contribution in [2.24, 2.45) is 0 Å². The molecule has 1 N–H and O–H groups in total. The standard InChI is InChI=1S/C35H36F3N5O4/c1-2-23-26(37)6-5-20-13-22(44)14-24(28(20)23)30-29(38)31-25(16-39-30)32(42-11-4-9-35(18-42)10-7-27(45)47-35)41-33(40-31)46-19-34-8-3-12-43(34)17-21(36)15-34/h5-6,13-14,16,21,44H,2-4,7-12,15,17-19H2,1H3/t21-,34+,35-/m1/s1. The van der Waals surface area contributed by atoms with Crippen molar-refractivity contribution in [1.29, 1.82) is 0 Å². The van der Waals surface area contributed by atoms with E-state index in [0.717, 1.165) is 32.2 Å². The van der Waals surface area contributed by atoms with Crippen molar-refractivity contribution in [1.82, 2.24) is 19.9 Å². The number of hydrogen-bond donors (Lipinski definition) is 1. The summed E-state index contributed by atoms with van der Waals surface area (Å²) in [5.41, 5.74) is -0.615. The van der Waals surface area contributed by atoms with Gasteiger partial charge < -0.3 is 19.5 Å². The SMILES string of the molecule is CCc1c(F)ccc2cc(O)cc(-c3ncc4c(N5CCC[C@@]6(CCC(=O)O6)C5)nc(OC[C@@]56CCCN5C[C@H](F)C6)nc4c3F)c12. The quantitative estimate of drug-likeness (QED) is 0.252. The number of phenolic OH excluding ortho intramolecular Hbond substituents is 1.